The van der Waals surface area contributed by atoms with Gasteiger partial charge in [-0.3, -0.25) is 9.59 Å². The second-order valence-electron chi connectivity index (χ2n) is 4.01. The molecule has 3 nitrogen and oxygen atoms in total. The van der Waals surface area contributed by atoms with Gasteiger partial charge in [-0.05, 0) is 32.4 Å². The van der Waals surface area contributed by atoms with Gasteiger partial charge in [0, 0.05) is 25.1 Å². The highest BCUT2D eigenvalue weighted by atomic mass is 16.2. The van der Waals surface area contributed by atoms with Crippen molar-refractivity contribution in [2.45, 2.75) is 27.2 Å². The van der Waals surface area contributed by atoms with Gasteiger partial charge in [-0.2, -0.15) is 0 Å². The van der Waals surface area contributed by atoms with Crippen LogP contribution in [-0.4, -0.2) is 29.7 Å². The van der Waals surface area contributed by atoms with E-state index in [-0.39, 0.29) is 11.7 Å². The average Bonchev–Trinajstić information content (AvgIpc) is 2.30. The zero-order chi connectivity index (χ0) is 12.8. The molecule has 0 unspecified atom stereocenters. The second-order valence-corrected chi connectivity index (χ2v) is 4.01. The third-order valence-electron chi connectivity index (χ3n) is 2.74. The Morgan fingerprint density at radius 1 is 1.12 bits per heavy atom. The third kappa shape index (κ3) is 3.41. The van der Waals surface area contributed by atoms with Crippen LogP contribution >= 0.6 is 0 Å². The number of carbonyl (C=O) groups is 2. The summed E-state index contributed by atoms with van der Waals surface area (Å²) in [5.74, 6) is 0.0802. The third-order valence-corrected chi connectivity index (χ3v) is 2.74. The fourth-order valence-electron chi connectivity index (χ4n) is 1.83. The standard InChI is InChI=1S/C14H19NO2/c1-4-15(5-2)14(17)13-9-7-6-8-12(13)10-11(3)16/h6-9H,4-5,10H2,1-3H3. The van der Waals surface area contributed by atoms with Crippen LogP contribution in [0.25, 0.3) is 0 Å². The summed E-state index contributed by atoms with van der Waals surface area (Å²) in [7, 11) is 0. The van der Waals surface area contributed by atoms with Crippen molar-refractivity contribution in [2.75, 3.05) is 13.1 Å². The number of amides is 1. The van der Waals surface area contributed by atoms with Crippen LogP contribution in [0.2, 0.25) is 0 Å². The molecule has 3 heteroatoms. The molecule has 0 spiro atoms. The van der Waals surface area contributed by atoms with Gasteiger partial charge in [0.05, 0.1) is 0 Å². The molecule has 1 rings (SSSR count). The number of Topliss-reactive ketones (excluding diaryl/α,β-unsaturated/α-hetero) is 1. The van der Waals surface area contributed by atoms with E-state index in [0.717, 1.165) is 5.56 Å². The molecule has 1 aromatic rings. The predicted octanol–water partition coefficient (Wildman–Crippen LogP) is 2.30. The van der Waals surface area contributed by atoms with Crippen molar-refractivity contribution in [1.82, 2.24) is 4.90 Å². The Labute approximate surface area is 102 Å². The van der Waals surface area contributed by atoms with Crippen LogP contribution < -0.4 is 0 Å². The quantitative estimate of drug-likeness (QED) is 0.782. The van der Waals surface area contributed by atoms with Crippen LogP contribution in [0.3, 0.4) is 0 Å². The molecular weight excluding hydrogens is 214 g/mol. The van der Waals surface area contributed by atoms with Gasteiger partial charge in [-0.15, -0.1) is 0 Å². The summed E-state index contributed by atoms with van der Waals surface area (Å²) in [6, 6.07) is 7.33. The van der Waals surface area contributed by atoms with Crippen molar-refractivity contribution in [3.05, 3.63) is 35.4 Å². The van der Waals surface area contributed by atoms with Gasteiger partial charge in [0.15, 0.2) is 0 Å². The van der Waals surface area contributed by atoms with Crippen molar-refractivity contribution in [2.24, 2.45) is 0 Å². The summed E-state index contributed by atoms with van der Waals surface area (Å²) in [6.07, 6.45) is 0.323. The normalized spacial score (nSPS) is 10.1. The second kappa shape index (κ2) is 6.18. The fraction of sp³-hybridized carbons (Fsp3) is 0.429. The molecule has 0 aliphatic heterocycles. The molecule has 0 N–H and O–H groups in total. The molecule has 92 valence electrons. The largest absolute Gasteiger partial charge is 0.339 e. The minimum absolute atomic E-state index is 0.00634. The highest BCUT2D eigenvalue weighted by molar-refractivity contribution is 5.97. The summed E-state index contributed by atoms with van der Waals surface area (Å²) >= 11 is 0. The maximum atomic E-state index is 12.2. The minimum Gasteiger partial charge on any atom is -0.339 e. The van der Waals surface area contributed by atoms with Crippen molar-refractivity contribution >= 4 is 11.7 Å². The van der Waals surface area contributed by atoms with Gasteiger partial charge < -0.3 is 4.90 Å². The Kier molecular flexibility index (Phi) is 4.88. The molecular formula is C14H19NO2. The highest BCUT2D eigenvalue weighted by Gasteiger charge is 2.16. The first-order chi connectivity index (χ1) is 8.10. The van der Waals surface area contributed by atoms with E-state index in [2.05, 4.69) is 0 Å². The number of nitrogens with zero attached hydrogens (tertiary/aromatic N) is 1. The van der Waals surface area contributed by atoms with Crippen LogP contribution in [0.5, 0.6) is 0 Å². The first-order valence-electron chi connectivity index (χ1n) is 5.96. The molecule has 0 aliphatic rings. The number of ketones is 1. The number of carbonyl (C=O) groups excluding carboxylic acids is 2. The lowest BCUT2D eigenvalue weighted by molar-refractivity contribution is -0.116. The molecule has 0 heterocycles. The molecule has 0 fully saturated rings. The SMILES string of the molecule is CCN(CC)C(=O)c1ccccc1CC(C)=O. The molecule has 17 heavy (non-hydrogen) atoms. The summed E-state index contributed by atoms with van der Waals surface area (Å²) in [5, 5.41) is 0. The summed E-state index contributed by atoms with van der Waals surface area (Å²) in [6.45, 7) is 6.82. The van der Waals surface area contributed by atoms with E-state index in [0.29, 0.717) is 25.1 Å². The summed E-state index contributed by atoms with van der Waals surface area (Å²) < 4.78 is 0. The summed E-state index contributed by atoms with van der Waals surface area (Å²) in [4.78, 5) is 25.2. The van der Waals surface area contributed by atoms with Crippen LogP contribution in [0, 0.1) is 0 Å². The Morgan fingerprint density at radius 2 is 1.71 bits per heavy atom. The molecule has 0 atom stereocenters. The Bertz CT molecular complexity index is 408. The van der Waals surface area contributed by atoms with Gasteiger partial charge in [0.25, 0.3) is 5.91 Å². The van der Waals surface area contributed by atoms with Gasteiger partial charge >= 0.3 is 0 Å². The number of hydrogen-bond donors (Lipinski definition) is 0. The lowest BCUT2D eigenvalue weighted by Crippen LogP contribution is -2.31. The molecule has 0 bridgehead atoms. The van der Waals surface area contributed by atoms with Crippen LogP contribution in [0.4, 0.5) is 0 Å². The Balaban J connectivity index is 3.03. The van der Waals surface area contributed by atoms with E-state index in [9.17, 15) is 9.59 Å². The van der Waals surface area contributed by atoms with E-state index < -0.39 is 0 Å². The topological polar surface area (TPSA) is 37.4 Å². The lowest BCUT2D eigenvalue weighted by atomic mass is 10.0. The van der Waals surface area contributed by atoms with E-state index in [1.165, 1.54) is 0 Å². The van der Waals surface area contributed by atoms with Crippen LogP contribution in [-0.2, 0) is 11.2 Å². The number of rotatable bonds is 5. The van der Waals surface area contributed by atoms with E-state index in [1.807, 2.05) is 32.0 Å². The Hall–Kier alpha value is -1.64. The number of hydrogen-bond acceptors (Lipinski definition) is 2. The Morgan fingerprint density at radius 3 is 2.24 bits per heavy atom. The van der Waals surface area contributed by atoms with Crippen molar-refractivity contribution in [3.63, 3.8) is 0 Å². The summed E-state index contributed by atoms with van der Waals surface area (Å²) in [5.41, 5.74) is 1.46. The molecule has 0 aliphatic carbocycles. The highest BCUT2D eigenvalue weighted by Crippen LogP contribution is 2.13. The molecule has 0 aromatic heterocycles. The van der Waals surface area contributed by atoms with Gasteiger partial charge in [-0.1, -0.05) is 18.2 Å². The van der Waals surface area contributed by atoms with Gasteiger partial charge in [-0.25, -0.2) is 0 Å². The minimum atomic E-state index is 0.00634. The van der Waals surface area contributed by atoms with Crippen molar-refractivity contribution < 1.29 is 9.59 Å². The predicted molar refractivity (Wildman–Crippen MR) is 68.1 cm³/mol. The van der Waals surface area contributed by atoms with E-state index in [4.69, 9.17) is 0 Å². The van der Waals surface area contributed by atoms with Crippen molar-refractivity contribution in [1.29, 1.82) is 0 Å². The zero-order valence-corrected chi connectivity index (χ0v) is 10.7. The zero-order valence-electron chi connectivity index (χ0n) is 10.7. The monoisotopic (exact) mass is 233 g/mol. The average molecular weight is 233 g/mol. The first kappa shape index (κ1) is 13.4. The van der Waals surface area contributed by atoms with E-state index >= 15 is 0 Å². The number of benzene rings is 1. The maximum absolute atomic E-state index is 12.2. The van der Waals surface area contributed by atoms with Gasteiger partial charge in [0.1, 0.15) is 5.78 Å². The van der Waals surface area contributed by atoms with E-state index in [1.54, 1.807) is 17.9 Å². The van der Waals surface area contributed by atoms with Crippen molar-refractivity contribution in [3.8, 4) is 0 Å². The first-order valence-corrected chi connectivity index (χ1v) is 5.96. The maximum Gasteiger partial charge on any atom is 0.254 e. The molecule has 0 saturated carbocycles. The molecule has 1 aromatic carbocycles. The smallest absolute Gasteiger partial charge is 0.254 e. The van der Waals surface area contributed by atoms with Gasteiger partial charge in [0.2, 0.25) is 0 Å². The molecule has 0 saturated heterocycles. The molecule has 0 radical (unpaired) electrons. The lowest BCUT2D eigenvalue weighted by Gasteiger charge is -2.20. The fourth-order valence-corrected chi connectivity index (χ4v) is 1.83. The van der Waals surface area contributed by atoms with Crippen LogP contribution in [0.15, 0.2) is 24.3 Å². The molecule has 1 amide bonds. The van der Waals surface area contributed by atoms with Crippen LogP contribution in [0.1, 0.15) is 36.7 Å².